The van der Waals surface area contributed by atoms with E-state index in [2.05, 4.69) is 15.4 Å². The Morgan fingerprint density at radius 2 is 1.93 bits per heavy atom. The number of piperazine rings is 1. The molecule has 1 saturated heterocycles. The summed E-state index contributed by atoms with van der Waals surface area (Å²) in [5.74, 6) is -1.16. The molecule has 2 aromatic heterocycles. The molecule has 1 aromatic carbocycles. The molecule has 1 N–H and O–H groups in total. The van der Waals surface area contributed by atoms with Gasteiger partial charge in [0.25, 0.3) is 5.91 Å². The molecule has 10 heteroatoms. The minimum atomic E-state index is -0.523. The van der Waals surface area contributed by atoms with Gasteiger partial charge in [0, 0.05) is 29.9 Å². The third-order valence-electron chi connectivity index (χ3n) is 4.35. The first-order valence-corrected chi connectivity index (χ1v) is 9.40. The first-order chi connectivity index (χ1) is 13.9. The van der Waals surface area contributed by atoms with E-state index >= 15 is 0 Å². The van der Waals surface area contributed by atoms with Crippen LogP contribution in [0.25, 0.3) is 16.9 Å². The summed E-state index contributed by atoms with van der Waals surface area (Å²) in [5.41, 5.74) is 1.46. The van der Waals surface area contributed by atoms with Crippen LogP contribution in [0.3, 0.4) is 0 Å². The maximum absolute atomic E-state index is 13.9. The molecule has 0 spiro atoms. The first kappa shape index (κ1) is 19.4. The second-order valence-corrected chi connectivity index (χ2v) is 7.30. The largest absolute Gasteiger partial charge is 0.353 e. The third kappa shape index (κ3) is 4.08. The number of rotatable bonds is 3. The molecule has 3 heterocycles. The Hall–Kier alpha value is -2.97. The van der Waals surface area contributed by atoms with Crippen molar-refractivity contribution in [2.24, 2.45) is 0 Å². The van der Waals surface area contributed by atoms with E-state index in [-0.39, 0.29) is 23.2 Å². The van der Waals surface area contributed by atoms with E-state index in [1.54, 1.807) is 12.1 Å². The van der Waals surface area contributed by atoms with E-state index in [9.17, 15) is 14.0 Å². The van der Waals surface area contributed by atoms with Crippen LogP contribution >= 0.6 is 23.2 Å². The van der Waals surface area contributed by atoms with Crippen molar-refractivity contribution in [1.29, 1.82) is 0 Å². The number of nitrogens with zero attached hydrogens (tertiary/aromatic N) is 4. The number of carbonyl (C=O) groups is 2. The van der Waals surface area contributed by atoms with Crippen LogP contribution in [0, 0.1) is 5.82 Å². The minimum absolute atomic E-state index is 0.0501. The molecule has 0 radical (unpaired) electrons. The summed E-state index contributed by atoms with van der Waals surface area (Å²) in [6.07, 6.45) is 2.98. The van der Waals surface area contributed by atoms with Gasteiger partial charge in [0.05, 0.1) is 29.1 Å². The predicted molar refractivity (Wildman–Crippen MR) is 106 cm³/mol. The third-order valence-corrected chi connectivity index (χ3v) is 4.77. The van der Waals surface area contributed by atoms with Gasteiger partial charge in [-0.1, -0.05) is 23.2 Å². The topological polar surface area (TPSA) is 80.1 Å². The maximum atomic E-state index is 13.9. The van der Waals surface area contributed by atoms with Crippen LogP contribution in [0.5, 0.6) is 0 Å². The van der Waals surface area contributed by atoms with E-state index in [0.29, 0.717) is 35.1 Å². The molecular weight excluding hydrogens is 420 g/mol. The fraction of sp³-hybridized carbons (Fsp3) is 0.158. The van der Waals surface area contributed by atoms with Crippen molar-refractivity contribution >= 4 is 35.0 Å². The molecular formula is C19H14Cl2FN5O2. The van der Waals surface area contributed by atoms with Gasteiger partial charge in [-0.2, -0.15) is 5.10 Å². The van der Waals surface area contributed by atoms with Gasteiger partial charge in [0.2, 0.25) is 5.91 Å². The van der Waals surface area contributed by atoms with Crippen molar-refractivity contribution in [3.63, 3.8) is 0 Å². The van der Waals surface area contributed by atoms with E-state index in [1.165, 1.54) is 40.2 Å². The van der Waals surface area contributed by atoms with Gasteiger partial charge in [0.15, 0.2) is 5.69 Å². The summed E-state index contributed by atoms with van der Waals surface area (Å²) in [6.45, 7) is 0.693. The second-order valence-electron chi connectivity index (χ2n) is 6.42. The lowest BCUT2D eigenvalue weighted by molar-refractivity contribution is -0.123. The summed E-state index contributed by atoms with van der Waals surface area (Å²) < 4.78 is 15.4. The molecule has 4 rings (SSSR count). The summed E-state index contributed by atoms with van der Waals surface area (Å²) in [5, 5.41) is 7.64. The second kappa shape index (κ2) is 7.81. The van der Waals surface area contributed by atoms with Crippen molar-refractivity contribution in [2.75, 3.05) is 19.6 Å². The van der Waals surface area contributed by atoms with E-state index < -0.39 is 11.7 Å². The molecule has 1 fully saturated rings. The van der Waals surface area contributed by atoms with Gasteiger partial charge in [-0.15, -0.1) is 0 Å². The first-order valence-electron chi connectivity index (χ1n) is 8.64. The molecule has 29 heavy (non-hydrogen) atoms. The lowest BCUT2D eigenvalue weighted by Crippen LogP contribution is -2.50. The lowest BCUT2D eigenvalue weighted by atomic mass is 10.1. The highest BCUT2D eigenvalue weighted by Gasteiger charge is 2.26. The molecule has 0 bridgehead atoms. The van der Waals surface area contributed by atoms with Crippen molar-refractivity contribution in [1.82, 2.24) is 25.0 Å². The number of amides is 2. The number of halogens is 3. The van der Waals surface area contributed by atoms with Crippen LogP contribution in [0.15, 0.2) is 42.7 Å². The zero-order chi connectivity index (χ0) is 20.5. The van der Waals surface area contributed by atoms with Crippen molar-refractivity contribution in [2.45, 2.75) is 0 Å². The van der Waals surface area contributed by atoms with Crippen molar-refractivity contribution in [3.8, 4) is 16.9 Å². The van der Waals surface area contributed by atoms with E-state index in [1.807, 2.05) is 0 Å². The van der Waals surface area contributed by atoms with Crippen LogP contribution < -0.4 is 5.32 Å². The molecule has 0 unspecified atom stereocenters. The van der Waals surface area contributed by atoms with Crippen LogP contribution in [0.2, 0.25) is 10.0 Å². The number of benzene rings is 1. The fourth-order valence-electron chi connectivity index (χ4n) is 3.08. The highest BCUT2D eigenvalue weighted by Crippen LogP contribution is 2.28. The zero-order valence-corrected chi connectivity index (χ0v) is 16.4. The molecule has 1 aliphatic heterocycles. The van der Waals surface area contributed by atoms with Gasteiger partial charge in [-0.25, -0.2) is 9.07 Å². The molecule has 2 amide bonds. The standard InChI is InChI=1S/C19H14Cl2FN5O2/c20-12-3-11(4-14(22)5-12)17-7-16(19(29)26-2-1-24-18(28)10-26)25-27(17)15-6-13(21)8-23-9-15/h3-9H,1-2,10H2,(H,24,28). The number of hydrogen-bond donors (Lipinski definition) is 1. The highest BCUT2D eigenvalue weighted by molar-refractivity contribution is 6.31. The predicted octanol–water partition coefficient (Wildman–Crippen LogP) is 2.95. The van der Waals surface area contributed by atoms with Crippen molar-refractivity contribution in [3.05, 3.63) is 64.3 Å². The number of nitrogens with one attached hydrogen (secondary N) is 1. The van der Waals surface area contributed by atoms with Gasteiger partial charge in [-0.3, -0.25) is 14.6 Å². The van der Waals surface area contributed by atoms with Gasteiger partial charge < -0.3 is 10.2 Å². The Kier molecular flexibility index (Phi) is 5.21. The number of pyridine rings is 1. The summed E-state index contributed by atoms with van der Waals surface area (Å²) in [4.78, 5) is 30.0. The maximum Gasteiger partial charge on any atom is 0.274 e. The summed E-state index contributed by atoms with van der Waals surface area (Å²) in [7, 11) is 0. The van der Waals surface area contributed by atoms with Crippen molar-refractivity contribution < 1.29 is 14.0 Å². The Morgan fingerprint density at radius 1 is 1.10 bits per heavy atom. The molecule has 0 atom stereocenters. The Labute approximate surface area is 175 Å². The van der Waals surface area contributed by atoms with Gasteiger partial charge in [0.1, 0.15) is 5.82 Å². The lowest BCUT2D eigenvalue weighted by Gasteiger charge is -2.25. The quantitative estimate of drug-likeness (QED) is 0.688. The number of hydrogen-bond acceptors (Lipinski definition) is 4. The average Bonchev–Trinajstić information content (AvgIpc) is 3.12. The van der Waals surface area contributed by atoms with Crippen LogP contribution in [-0.2, 0) is 4.79 Å². The Morgan fingerprint density at radius 3 is 2.66 bits per heavy atom. The van der Waals surface area contributed by atoms with Crippen LogP contribution in [0.4, 0.5) is 4.39 Å². The normalized spacial score (nSPS) is 14.0. The minimum Gasteiger partial charge on any atom is -0.353 e. The average molecular weight is 434 g/mol. The van der Waals surface area contributed by atoms with E-state index in [4.69, 9.17) is 23.2 Å². The van der Waals surface area contributed by atoms with Crippen LogP contribution in [0.1, 0.15) is 10.5 Å². The smallest absolute Gasteiger partial charge is 0.274 e. The van der Waals surface area contributed by atoms with Gasteiger partial charge in [-0.05, 0) is 30.3 Å². The summed E-state index contributed by atoms with van der Waals surface area (Å²) >= 11 is 12.1. The Balaban J connectivity index is 1.82. The number of aromatic nitrogens is 3. The molecule has 148 valence electrons. The Bertz CT molecular complexity index is 1100. The zero-order valence-electron chi connectivity index (χ0n) is 14.9. The number of carbonyl (C=O) groups excluding carboxylic acids is 2. The fourth-order valence-corrected chi connectivity index (χ4v) is 3.47. The molecule has 7 nitrogen and oxygen atoms in total. The van der Waals surface area contributed by atoms with Crippen LogP contribution in [-0.4, -0.2) is 51.1 Å². The monoisotopic (exact) mass is 433 g/mol. The van der Waals surface area contributed by atoms with Gasteiger partial charge >= 0.3 is 0 Å². The SMILES string of the molecule is O=C1CN(C(=O)c2cc(-c3cc(F)cc(Cl)c3)n(-c3cncc(Cl)c3)n2)CCN1. The molecule has 0 saturated carbocycles. The molecule has 0 aliphatic carbocycles. The summed E-state index contributed by atoms with van der Waals surface area (Å²) in [6, 6.07) is 7.19. The highest BCUT2D eigenvalue weighted by atomic mass is 35.5. The molecule has 1 aliphatic rings. The molecule has 3 aromatic rings. The van der Waals surface area contributed by atoms with E-state index in [0.717, 1.165) is 0 Å².